The predicted molar refractivity (Wildman–Crippen MR) is 133 cm³/mol. The van der Waals surface area contributed by atoms with Crippen molar-refractivity contribution < 1.29 is 14.3 Å². The van der Waals surface area contributed by atoms with Gasteiger partial charge in [-0.2, -0.15) is 5.10 Å². The zero-order chi connectivity index (χ0) is 24.3. The van der Waals surface area contributed by atoms with Crippen LogP contribution in [0, 0.1) is 10.8 Å². The second-order valence-corrected chi connectivity index (χ2v) is 11.3. The summed E-state index contributed by atoms with van der Waals surface area (Å²) >= 11 is 0. The van der Waals surface area contributed by atoms with Crippen LogP contribution in [0.25, 0.3) is 0 Å². The van der Waals surface area contributed by atoms with Crippen molar-refractivity contribution in [1.82, 2.24) is 24.9 Å². The molecule has 2 aliphatic carbocycles. The molecule has 0 bridgehead atoms. The van der Waals surface area contributed by atoms with Crippen LogP contribution >= 0.6 is 0 Å². The molecule has 0 aromatic carbocycles. The first kappa shape index (κ1) is 25.6. The maximum atomic E-state index is 13.2. The molecule has 2 saturated carbocycles. The summed E-state index contributed by atoms with van der Waals surface area (Å²) in [4.78, 5) is 17.6. The Bertz CT molecular complexity index is 834. The number of methoxy groups -OCH3 is 2. The minimum atomic E-state index is -0.122. The lowest BCUT2D eigenvalue weighted by Gasteiger charge is -2.40. The van der Waals surface area contributed by atoms with E-state index in [1.807, 2.05) is 7.05 Å². The Morgan fingerprint density at radius 2 is 1.82 bits per heavy atom. The Morgan fingerprint density at radius 3 is 2.41 bits per heavy atom. The summed E-state index contributed by atoms with van der Waals surface area (Å²) in [6.07, 6.45) is 6.48. The zero-order valence-electron chi connectivity index (χ0n) is 22.0. The number of likely N-dealkylation sites (N-methyl/N-ethyl adjacent to an activating group) is 2. The molecular weight excluding hydrogens is 430 g/mol. The third-order valence-electron chi connectivity index (χ3n) is 8.42. The number of carbonyl (C=O) groups is 1. The van der Waals surface area contributed by atoms with Gasteiger partial charge in [-0.1, -0.05) is 6.92 Å². The van der Waals surface area contributed by atoms with Gasteiger partial charge >= 0.3 is 0 Å². The molecule has 1 N–H and O–H groups in total. The van der Waals surface area contributed by atoms with Crippen molar-refractivity contribution in [3.05, 3.63) is 17.0 Å². The van der Waals surface area contributed by atoms with Gasteiger partial charge in [-0.05, 0) is 58.5 Å². The summed E-state index contributed by atoms with van der Waals surface area (Å²) in [6, 6.07) is 0. The highest BCUT2D eigenvalue weighted by Crippen LogP contribution is 2.48. The number of carbonyl (C=O) groups excluding carboxylic acids is 1. The summed E-state index contributed by atoms with van der Waals surface area (Å²) in [7, 11) is 7.76. The Labute approximate surface area is 205 Å². The predicted octanol–water partition coefficient (Wildman–Crippen LogP) is 2.61. The molecule has 1 aromatic heterocycles. The fraction of sp³-hybridized carbons (Fsp3) is 0.846. The minimum Gasteiger partial charge on any atom is -0.384 e. The standard InChI is InChI=1S/C26H45N5O3/c1-25(10-11-25)24(32)30-14-15-31-22(17-30)23(21(28-31)16-29(3)13-12-27-2)20-6-8-26(9-7-20,18-33-4)19-34-5/h20,27H,6-19H2,1-5H3. The maximum absolute atomic E-state index is 13.2. The quantitative estimate of drug-likeness (QED) is 0.531. The SMILES string of the molecule is CNCCN(C)Cc1nn2c(c1C1CCC(COC)(COC)CC1)CN(C(=O)C1(C)CC1)CC2. The van der Waals surface area contributed by atoms with Gasteiger partial charge in [-0.25, -0.2) is 0 Å². The topological polar surface area (TPSA) is 71.9 Å². The van der Waals surface area contributed by atoms with Crippen LogP contribution in [0.2, 0.25) is 0 Å². The lowest BCUT2D eigenvalue weighted by Crippen LogP contribution is -2.42. The summed E-state index contributed by atoms with van der Waals surface area (Å²) in [5.74, 6) is 0.811. The largest absolute Gasteiger partial charge is 0.384 e. The van der Waals surface area contributed by atoms with Crippen LogP contribution in [0.1, 0.15) is 68.3 Å². The van der Waals surface area contributed by atoms with Crippen LogP contribution in [-0.2, 0) is 33.9 Å². The van der Waals surface area contributed by atoms with E-state index in [1.54, 1.807) is 14.2 Å². The van der Waals surface area contributed by atoms with Crippen molar-refractivity contribution in [3.63, 3.8) is 0 Å². The van der Waals surface area contributed by atoms with E-state index < -0.39 is 0 Å². The van der Waals surface area contributed by atoms with Gasteiger partial charge in [0.2, 0.25) is 5.91 Å². The first-order valence-corrected chi connectivity index (χ1v) is 13.0. The first-order chi connectivity index (χ1) is 16.3. The van der Waals surface area contributed by atoms with Crippen LogP contribution < -0.4 is 5.32 Å². The molecule has 8 heteroatoms. The first-order valence-electron chi connectivity index (χ1n) is 13.0. The summed E-state index contributed by atoms with van der Waals surface area (Å²) < 4.78 is 13.4. The molecular formula is C26H45N5O3. The normalized spacial score (nSPS) is 21.6. The monoisotopic (exact) mass is 475 g/mol. The Morgan fingerprint density at radius 1 is 1.15 bits per heavy atom. The van der Waals surface area contributed by atoms with Gasteiger partial charge in [0.15, 0.2) is 0 Å². The van der Waals surface area contributed by atoms with Crippen molar-refractivity contribution in [2.75, 3.05) is 61.2 Å². The van der Waals surface area contributed by atoms with Gasteiger partial charge in [0, 0.05) is 56.8 Å². The smallest absolute Gasteiger partial charge is 0.228 e. The van der Waals surface area contributed by atoms with E-state index in [9.17, 15) is 4.79 Å². The van der Waals surface area contributed by atoms with Crippen LogP contribution in [0.3, 0.4) is 0 Å². The van der Waals surface area contributed by atoms with E-state index in [4.69, 9.17) is 14.6 Å². The van der Waals surface area contributed by atoms with Crippen LogP contribution in [0.4, 0.5) is 0 Å². The fourth-order valence-corrected chi connectivity index (χ4v) is 6.04. The third kappa shape index (κ3) is 5.35. The minimum absolute atomic E-state index is 0.111. The van der Waals surface area contributed by atoms with E-state index in [1.165, 1.54) is 17.0 Å². The van der Waals surface area contributed by atoms with Gasteiger partial charge in [0.25, 0.3) is 0 Å². The van der Waals surface area contributed by atoms with Crippen molar-refractivity contribution in [2.24, 2.45) is 10.8 Å². The molecule has 8 nitrogen and oxygen atoms in total. The Kier molecular flexibility index (Phi) is 8.02. The van der Waals surface area contributed by atoms with E-state index >= 15 is 0 Å². The second-order valence-electron chi connectivity index (χ2n) is 11.3. The van der Waals surface area contributed by atoms with E-state index in [2.05, 4.69) is 33.8 Å². The molecule has 2 heterocycles. The molecule has 1 amide bonds. The number of nitrogens with zero attached hydrogens (tertiary/aromatic N) is 4. The highest BCUT2D eigenvalue weighted by Gasteiger charge is 2.48. The number of nitrogens with one attached hydrogen (secondary N) is 1. The Balaban J connectivity index is 1.58. The van der Waals surface area contributed by atoms with Crippen molar-refractivity contribution in [3.8, 4) is 0 Å². The van der Waals surface area contributed by atoms with Crippen molar-refractivity contribution >= 4 is 5.91 Å². The average molecular weight is 476 g/mol. The highest BCUT2D eigenvalue weighted by atomic mass is 16.5. The molecule has 192 valence electrons. The number of rotatable bonds is 11. The number of fused-ring (bicyclic) bond motifs is 1. The molecule has 0 spiro atoms. The average Bonchev–Trinajstić information content (AvgIpc) is 3.48. The van der Waals surface area contributed by atoms with Crippen LogP contribution in [-0.4, -0.2) is 86.7 Å². The highest BCUT2D eigenvalue weighted by molar-refractivity contribution is 5.85. The Hall–Kier alpha value is -1.48. The molecule has 2 fully saturated rings. The maximum Gasteiger partial charge on any atom is 0.228 e. The van der Waals surface area contributed by atoms with Crippen LogP contribution in [0.15, 0.2) is 0 Å². The van der Waals surface area contributed by atoms with Crippen LogP contribution in [0.5, 0.6) is 0 Å². The number of aromatic nitrogens is 2. The van der Waals surface area contributed by atoms with Gasteiger partial charge in [-0.3, -0.25) is 14.4 Å². The van der Waals surface area contributed by atoms with Gasteiger partial charge < -0.3 is 19.7 Å². The molecule has 0 saturated heterocycles. The van der Waals surface area contributed by atoms with Gasteiger partial charge in [0.1, 0.15) is 0 Å². The molecule has 0 atom stereocenters. The summed E-state index contributed by atoms with van der Waals surface area (Å²) in [5, 5.41) is 8.37. The second kappa shape index (κ2) is 10.6. The van der Waals surface area contributed by atoms with E-state index in [0.29, 0.717) is 18.4 Å². The van der Waals surface area contributed by atoms with Crippen molar-refractivity contribution in [2.45, 2.75) is 71.0 Å². The number of ether oxygens (including phenoxy) is 2. The number of amides is 1. The van der Waals surface area contributed by atoms with Gasteiger partial charge in [-0.15, -0.1) is 0 Å². The van der Waals surface area contributed by atoms with E-state index in [-0.39, 0.29) is 10.8 Å². The molecule has 34 heavy (non-hydrogen) atoms. The molecule has 0 unspecified atom stereocenters. The lowest BCUT2D eigenvalue weighted by molar-refractivity contribution is -0.138. The number of hydrogen-bond donors (Lipinski definition) is 1. The molecule has 0 radical (unpaired) electrons. The molecule has 1 aromatic rings. The number of hydrogen-bond acceptors (Lipinski definition) is 6. The van der Waals surface area contributed by atoms with Crippen molar-refractivity contribution in [1.29, 1.82) is 0 Å². The molecule has 1 aliphatic heterocycles. The van der Waals surface area contributed by atoms with Gasteiger partial charge in [0.05, 0.1) is 37.7 Å². The fourth-order valence-electron chi connectivity index (χ4n) is 6.04. The lowest BCUT2D eigenvalue weighted by atomic mass is 9.69. The summed E-state index contributed by atoms with van der Waals surface area (Å²) in [5.41, 5.74) is 3.88. The zero-order valence-corrected chi connectivity index (χ0v) is 22.0. The molecule has 3 aliphatic rings. The summed E-state index contributed by atoms with van der Waals surface area (Å²) in [6.45, 7) is 8.68. The third-order valence-corrected chi connectivity index (χ3v) is 8.42. The van der Waals surface area contributed by atoms with E-state index in [0.717, 1.165) is 84.5 Å². The molecule has 4 rings (SSSR count).